The highest BCUT2D eigenvalue weighted by Crippen LogP contribution is 2.23. The summed E-state index contributed by atoms with van der Waals surface area (Å²) in [5.41, 5.74) is 4.54. The molecule has 2 aliphatic rings. The van der Waals surface area contributed by atoms with E-state index in [1.54, 1.807) is 18.3 Å². The van der Waals surface area contributed by atoms with E-state index in [1.807, 2.05) is 40.2 Å². The summed E-state index contributed by atoms with van der Waals surface area (Å²) in [5, 5.41) is 18.2. The summed E-state index contributed by atoms with van der Waals surface area (Å²) < 4.78 is 10.3. The number of carbonyl (C=O) groups excluding carboxylic acids is 2. The van der Waals surface area contributed by atoms with Crippen LogP contribution in [-0.4, -0.2) is 85.7 Å². The van der Waals surface area contributed by atoms with Crippen LogP contribution < -0.4 is 5.32 Å². The van der Waals surface area contributed by atoms with Gasteiger partial charge in [0.15, 0.2) is 0 Å². The average molecular weight is 467 g/mol. The Morgan fingerprint density at radius 1 is 1.09 bits per heavy atom. The molecule has 9 heteroatoms. The van der Waals surface area contributed by atoms with E-state index in [-0.39, 0.29) is 31.6 Å². The number of aliphatic hydroxyl groups excluding tert-OH is 1. The zero-order chi connectivity index (χ0) is 23.8. The SMILES string of the molecule is O=C(CN1CCc2cc(NC(=O)c3ccc(C=NN4CCOCC4)cc3)ccc2C1)OCCO. The smallest absolute Gasteiger partial charge is 0.320 e. The number of hydrogen-bond acceptors (Lipinski definition) is 8. The zero-order valence-corrected chi connectivity index (χ0v) is 19.1. The van der Waals surface area contributed by atoms with Crippen molar-refractivity contribution in [2.24, 2.45) is 5.10 Å². The maximum atomic E-state index is 12.7. The molecule has 2 N–H and O–H groups in total. The molecule has 2 aliphatic heterocycles. The van der Waals surface area contributed by atoms with Crippen LogP contribution in [0.2, 0.25) is 0 Å². The molecular weight excluding hydrogens is 436 g/mol. The molecule has 0 bridgehead atoms. The van der Waals surface area contributed by atoms with Crippen LogP contribution in [-0.2, 0) is 27.2 Å². The zero-order valence-electron chi connectivity index (χ0n) is 19.1. The Morgan fingerprint density at radius 2 is 1.88 bits per heavy atom. The lowest BCUT2D eigenvalue weighted by atomic mass is 9.99. The van der Waals surface area contributed by atoms with Crippen molar-refractivity contribution in [2.75, 3.05) is 57.9 Å². The Balaban J connectivity index is 1.30. The predicted molar refractivity (Wildman–Crippen MR) is 128 cm³/mol. The van der Waals surface area contributed by atoms with Crippen LogP contribution in [0.1, 0.15) is 27.0 Å². The second-order valence-corrected chi connectivity index (χ2v) is 8.27. The number of hydrazone groups is 1. The van der Waals surface area contributed by atoms with E-state index in [1.165, 1.54) is 0 Å². The van der Waals surface area contributed by atoms with Gasteiger partial charge < -0.3 is 19.9 Å². The third-order valence-corrected chi connectivity index (χ3v) is 5.79. The van der Waals surface area contributed by atoms with Gasteiger partial charge in [-0.05, 0) is 47.4 Å². The van der Waals surface area contributed by atoms with Crippen LogP contribution in [0.25, 0.3) is 0 Å². The van der Waals surface area contributed by atoms with Gasteiger partial charge in [0.2, 0.25) is 0 Å². The molecule has 0 saturated carbocycles. The number of benzene rings is 2. The number of hydrogen-bond donors (Lipinski definition) is 2. The molecule has 0 aliphatic carbocycles. The summed E-state index contributed by atoms with van der Waals surface area (Å²) in [6.45, 7) is 4.38. The molecule has 0 aromatic heterocycles. The van der Waals surface area contributed by atoms with Crippen molar-refractivity contribution >= 4 is 23.8 Å². The largest absolute Gasteiger partial charge is 0.462 e. The summed E-state index contributed by atoms with van der Waals surface area (Å²) in [7, 11) is 0. The molecule has 0 unspecified atom stereocenters. The van der Waals surface area contributed by atoms with Crippen LogP contribution in [0.3, 0.4) is 0 Å². The summed E-state index contributed by atoms with van der Waals surface area (Å²) >= 11 is 0. The molecule has 0 atom stereocenters. The van der Waals surface area contributed by atoms with Gasteiger partial charge >= 0.3 is 5.97 Å². The predicted octanol–water partition coefficient (Wildman–Crippen LogP) is 1.50. The molecule has 180 valence electrons. The van der Waals surface area contributed by atoms with Gasteiger partial charge in [-0.3, -0.25) is 19.5 Å². The number of rotatable bonds is 8. The van der Waals surface area contributed by atoms with Gasteiger partial charge in [0.1, 0.15) is 6.61 Å². The third-order valence-electron chi connectivity index (χ3n) is 5.79. The second-order valence-electron chi connectivity index (χ2n) is 8.27. The molecule has 4 rings (SSSR count). The normalized spacial score (nSPS) is 16.3. The van der Waals surface area contributed by atoms with Crippen LogP contribution in [0.4, 0.5) is 5.69 Å². The molecular formula is C25H30N4O5. The van der Waals surface area contributed by atoms with Crippen molar-refractivity contribution in [3.05, 3.63) is 64.7 Å². The third kappa shape index (κ3) is 6.63. The van der Waals surface area contributed by atoms with Gasteiger partial charge in [-0.15, -0.1) is 0 Å². The van der Waals surface area contributed by atoms with Gasteiger partial charge in [0.05, 0.1) is 45.7 Å². The Labute approximate surface area is 199 Å². The maximum absolute atomic E-state index is 12.7. The van der Waals surface area contributed by atoms with E-state index in [0.717, 1.165) is 48.4 Å². The summed E-state index contributed by atoms with van der Waals surface area (Å²) in [6, 6.07) is 13.2. The summed E-state index contributed by atoms with van der Waals surface area (Å²) in [4.78, 5) is 26.5. The first-order valence-corrected chi connectivity index (χ1v) is 11.5. The van der Waals surface area contributed by atoms with Crippen molar-refractivity contribution in [1.82, 2.24) is 9.91 Å². The van der Waals surface area contributed by atoms with E-state index in [0.29, 0.717) is 25.3 Å². The molecule has 9 nitrogen and oxygen atoms in total. The molecule has 1 saturated heterocycles. The fourth-order valence-corrected chi connectivity index (χ4v) is 3.95. The van der Waals surface area contributed by atoms with Gasteiger partial charge in [0.25, 0.3) is 5.91 Å². The highest BCUT2D eigenvalue weighted by Gasteiger charge is 2.20. The number of nitrogens with zero attached hydrogens (tertiary/aromatic N) is 3. The van der Waals surface area contributed by atoms with Gasteiger partial charge in [-0.25, -0.2) is 0 Å². The first-order chi connectivity index (χ1) is 16.6. The number of esters is 1. The molecule has 1 amide bonds. The fourth-order valence-electron chi connectivity index (χ4n) is 3.95. The molecule has 2 aromatic carbocycles. The Morgan fingerprint density at radius 3 is 2.65 bits per heavy atom. The van der Waals surface area contributed by atoms with Crippen molar-refractivity contribution in [3.63, 3.8) is 0 Å². The lowest BCUT2D eigenvalue weighted by Crippen LogP contribution is -2.35. The highest BCUT2D eigenvalue weighted by molar-refractivity contribution is 6.04. The molecule has 0 radical (unpaired) electrons. The van der Waals surface area contributed by atoms with E-state index < -0.39 is 0 Å². The maximum Gasteiger partial charge on any atom is 0.320 e. The quantitative estimate of drug-likeness (QED) is 0.449. The van der Waals surface area contributed by atoms with E-state index >= 15 is 0 Å². The lowest BCUT2D eigenvalue weighted by molar-refractivity contribution is -0.146. The van der Waals surface area contributed by atoms with E-state index in [2.05, 4.69) is 10.4 Å². The monoisotopic (exact) mass is 466 g/mol. The number of carbonyl (C=O) groups is 2. The number of amides is 1. The van der Waals surface area contributed by atoms with Gasteiger partial charge in [0, 0.05) is 24.3 Å². The highest BCUT2D eigenvalue weighted by atomic mass is 16.5. The Kier molecular flexibility index (Phi) is 8.24. The van der Waals surface area contributed by atoms with Crippen LogP contribution in [0.15, 0.2) is 47.6 Å². The average Bonchev–Trinajstić information content (AvgIpc) is 2.87. The van der Waals surface area contributed by atoms with Crippen molar-refractivity contribution in [2.45, 2.75) is 13.0 Å². The van der Waals surface area contributed by atoms with Crippen LogP contribution in [0, 0.1) is 0 Å². The van der Waals surface area contributed by atoms with E-state index in [4.69, 9.17) is 14.6 Å². The first kappa shape index (κ1) is 23.9. The topological polar surface area (TPSA) is 104 Å². The number of nitrogens with one attached hydrogen (secondary N) is 1. The number of morpholine rings is 1. The molecule has 1 fully saturated rings. The van der Waals surface area contributed by atoms with E-state index in [9.17, 15) is 9.59 Å². The summed E-state index contributed by atoms with van der Waals surface area (Å²) in [5.74, 6) is -0.500. The number of ether oxygens (including phenoxy) is 2. The van der Waals surface area contributed by atoms with Crippen molar-refractivity contribution in [3.8, 4) is 0 Å². The van der Waals surface area contributed by atoms with Gasteiger partial charge in [-0.1, -0.05) is 18.2 Å². The lowest BCUT2D eigenvalue weighted by Gasteiger charge is -2.28. The molecule has 2 heterocycles. The standard InChI is InChI=1S/C25H30N4O5/c30-11-14-34-24(31)18-28-8-7-21-15-23(6-5-22(21)17-28)27-25(32)20-3-1-19(2-4-20)16-26-29-9-12-33-13-10-29/h1-6,15-16,30H,7-14,17-18H2,(H,27,32). The van der Waals surface area contributed by atoms with Gasteiger partial charge in [-0.2, -0.15) is 5.10 Å². The minimum Gasteiger partial charge on any atom is -0.462 e. The van der Waals surface area contributed by atoms with Crippen LogP contribution in [0.5, 0.6) is 0 Å². The minimum atomic E-state index is -0.334. The van der Waals surface area contributed by atoms with Crippen molar-refractivity contribution in [1.29, 1.82) is 0 Å². The van der Waals surface area contributed by atoms with Crippen molar-refractivity contribution < 1.29 is 24.2 Å². The van der Waals surface area contributed by atoms with Crippen LogP contribution >= 0.6 is 0 Å². The second kappa shape index (κ2) is 11.7. The Bertz CT molecular complexity index is 1020. The summed E-state index contributed by atoms with van der Waals surface area (Å²) in [6.07, 6.45) is 2.58. The molecule has 34 heavy (non-hydrogen) atoms. The number of fused-ring (bicyclic) bond motifs is 1. The minimum absolute atomic E-state index is 0.0249. The first-order valence-electron chi connectivity index (χ1n) is 11.5. The number of aliphatic hydroxyl groups is 1. The number of anilines is 1. The fraction of sp³-hybridized carbons (Fsp3) is 0.400. The molecule has 0 spiro atoms. The Hall–Kier alpha value is -3.27. The molecule has 2 aromatic rings.